The highest BCUT2D eigenvalue weighted by Crippen LogP contribution is 2.31. The number of benzene rings is 1. The lowest BCUT2D eigenvalue weighted by Crippen LogP contribution is -2.36. The molecule has 0 aliphatic heterocycles. The molecule has 0 radical (unpaired) electrons. The summed E-state index contributed by atoms with van der Waals surface area (Å²) in [6, 6.07) is 8.60. The van der Waals surface area contributed by atoms with Crippen LogP contribution in [0.15, 0.2) is 35.5 Å². The number of nitrogens with one attached hydrogen (secondary N) is 1. The first kappa shape index (κ1) is 25.6. The fourth-order valence-electron chi connectivity index (χ4n) is 3.60. The third-order valence-corrected chi connectivity index (χ3v) is 6.25. The van der Waals surface area contributed by atoms with Gasteiger partial charge in [-0.15, -0.1) is 0 Å². The van der Waals surface area contributed by atoms with Crippen LogP contribution in [0.4, 0.5) is 0 Å². The molecule has 1 aromatic carbocycles. The zero-order chi connectivity index (χ0) is 23.7. The highest BCUT2D eigenvalue weighted by atomic mass is 16.5. The van der Waals surface area contributed by atoms with Gasteiger partial charge in [0.15, 0.2) is 5.82 Å². The molecule has 0 unspecified atom stereocenters. The maximum atomic E-state index is 6.12. The summed E-state index contributed by atoms with van der Waals surface area (Å²) < 4.78 is 7.96. The molecule has 0 spiro atoms. The van der Waals surface area contributed by atoms with Gasteiger partial charge in [0, 0.05) is 24.7 Å². The third kappa shape index (κ3) is 6.41. The molecule has 2 rings (SSSR count). The molecular weight excluding hydrogens is 396 g/mol. The van der Waals surface area contributed by atoms with Crippen LogP contribution in [0.2, 0.25) is 0 Å². The molecule has 3 N–H and O–H groups in total. The van der Waals surface area contributed by atoms with E-state index in [4.69, 9.17) is 15.5 Å². The fraction of sp³-hybridized carbons (Fsp3) is 0.519. The van der Waals surface area contributed by atoms with Gasteiger partial charge in [0.05, 0.1) is 19.0 Å². The first-order valence-electron chi connectivity index (χ1n) is 11.9. The number of nitrogens with two attached hydrogens (primary N) is 1. The van der Waals surface area contributed by atoms with E-state index in [0.717, 1.165) is 47.1 Å². The molecule has 0 amide bonds. The smallest absolute Gasteiger partial charge is 0.152 e. The van der Waals surface area contributed by atoms with E-state index < -0.39 is 0 Å². The van der Waals surface area contributed by atoms with E-state index in [1.165, 1.54) is 18.4 Å². The maximum Gasteiger partial charge on any atom is 0.152 e. The molecular formula is C27H42N4O. The Bertz CT molecular complexity index is 1020. The standard InChI is InChI=1S/C27H42N4O/c1-8-11-12-16-29-26(30-24(28)9-2)25-20(4)15-17-31(25)19-21-13-14-22(18-23(21)32-7)27(5,6)10-3/h13-15,17-18,29H,4,8-12,16,19H2,1-3,5-7H3,(H2,28,30)/b26-25+. The topological polar surface area (TPSA) is 64.6 Å². The minimum atomic E-state index is 0.112. The van der Waals surface area contributed by atoms with Crippen LogP contribution in [0.5, 0.6) is 5.75 Å². The molecule has 5 nitrogen and oxygen atoms in total. The number of rotatable bonds is 12. The zero-order valence-corrected chi connectivity index (χ0v) is 20.9. The SMILES string of the molecule is C=c1ccn(Cc2ccc(C(C)(C)CC)cc2OC)/c1=C(/N=C(/N)CC)NCCCCC. The first-order valence-corrected chi connectivity index (χ1v) is 11.9. The summed E-state index contributed by atoms with van der Waals surface area (Å²) in [5, 5.41) is 5.41. The number of aliphatic imine (C=N–C) groups is 1. The maximum absolute atomic E-state index is 6.12. The van der Waals surface area contributed by atoms with Gasteiger partial charge in [0.1, 0.15) is 11.6 Å². The molecule has 1 heterocycles. The zero-order valence-electron chi connectivity index (χ0n) is 20.9. The molecule has 0 fully saturated rings. The van der Waals surface area contributed by atoms with E-state index in [1.807, 2.05) is 13.0 Å². The largest absolute Gasteiger partial charge is 0.496 e. The molecule has 176 valence electrons. The van der Waals surface area contributed by atoms with E-state index in [9.17, 15) is 0 Å². The van der Waals surface area contributed by atoms with Crippen molar-refractivity contribution in [2.45, 2.75) is 78.7 Å². The van der Waals surface area contributed by atoms with E-state index in [1.54, 1.807) is 7.11 Å². The Morgan fingerprint density at radius 3 is 2.56 bits per heavy atom. The van der Waals surface area contributed by atoms with Gasteiger partial charge >= 0.3 is 0 Å². The fourth-order valence-corrected chi connectivity index (χ4v) is 3.60. The number of ether oxygens (including phenoxy) is 1. The molecule has 0 aliphatic rings. The summed E-state index contributed by atoms with van der Waals surface area (Å²) in [6.45, 7) is 16.8. The van der Waals surface area contributed by atoms with Crippen molar-refractivity contribution in [2.24, 2.45) is 10.7 Å². The minimum absolute atomic E-state index is 0.112. The highest BCUT2D eigenvalue weighted by molar-refractivity contribution is 5.83. The number of amidine groups is 1. The second-order valence-electron chi connectivity index (χ2n) is 9.02. The van der Waals surface area contributed by atoms with Crippen molar-refractivity contribution in [3.8, 4) is 5.75 Å². The number of hydrogen-bond acceptors (Lipinski definition) is 3. The van der Waals surface area contributed by atoms with Crippen LogP contribution in [-0.4, -0.2) is 24.1 Å². The highest BCUT2D eigenvalue weighted by Gasteiger charge is 2.20. The Balaban J connectivity index is 2.51. The van der Waals surface area contributed by atoms with Crippen molar-refractivity contribution in [1.29, 1.82) is 0 Å². The van der Waals surface area contributed by atoms with Crippen molar-refractivity contribution in [3.05, 3.63) is 52.2 Å². The average Bonchev–Trinajstić information content (AvgIpc) is 3.15. The van der Waals surface area contributed by atoms with Crippen LogP contribution in [0.3, 0.4) is 0 Å². The van der Waals surface area contributed by atoms with E-state index in [2.05, 4.69) is 68.6 Å². The number of nitrogens with zero attached hydrogens (tertiary/aromatic N) is 2. The monoisotopic (exact) mass is 438 g/mol. The van der Waals surface area contributed by atoms with Gasteiger partial charge in [0.2, 0.25) is 0 Å². The average molecular weight is 439 g/mol. The molecule has 0 atom stereocenters. The van der Waals surface area contributed by atoms with Gasteiger partial charge in [-0.2, -0.15) is 0 Å². The Kier molecular flexibility index (Phi) is 9.42. The first-order chi connectivity index (χ1) is 15.3. The summed E-state index contributed by atoms with van der Waals surface area (Å²) >= 11 is 0. The summed E-state index contributed by atoms with van der Waals surface area (Å²) in [5.74, 6) is 2.31. The summed E-state index contributed by atoms with van der Waals surface area (Å²) in [5.41, 5.74) is 8.64. The summed E-state index contributed by atoms with van der Waals surface area (Å²) in [6.07, 6.45) is 7.29. The van der Waals surface area contributed by atoms with Gasteiger partial charge in [-0.25, -0.2) is 4.99 Å². The molecule has 1 aromatic heterocycles. The number of aromatic nitrogens is 1. The van der Waals surface area contributed by atoms with Crippen molar-refractivity contribution in [1.82, 2.24) is 9.88 Å². The lowest BCUT2D eigenvalue weighted by Gasteiger charge is -2.24. The number of methoxy groups -OCH3 is 1. The predicted molar refractivity (Wildman–Crippen MR) is 137 cm³/mol. The second kappa shape index (κ2) is 11.8. The normalized spacial score (nSPS) is 13.2. The molecule has 0 aliphatic carbocycles. The van der Waals surface area contributed by atoms with E-state index in [0.29, 0.717) is 18.8 Å². The third-order valence-electron chi connectivity index (χ3n) is 6.25. The Labute approximate surface area is 194 Å². The number of unbranched alkanes of at least 4 members (excludes halogenated alkanes) is 2. The summed E-state index contributed by atoms with van der Waals surface area (Å²) in [4.78, 5) is 4.71. The number of hydrogen-bond donors (Lipinski definition) is 2. The Morgan fingerprint density at radius 1 is 1.19 bits per heavy atom. The minimum Gasteiger partial charge on any atom is -0.496 e. The molecule has 0 saturated carbocycles. The molecule has 0 bridgehead atoms. The Hall–Kier alpha value is -2.69. The van der Waals surface area contributed by atoms with Gasteiger partial charge in [-0.1, -0.05) is 66.2 Å². The molecule has 2 aromatic rings. The van der Waals surface area contributed by atoms with Crippen LogP contribution in [0, 0.1) is 0 Å². The van der Waals surface area contributed by atoms with Gasteiger partial charge in [0.25, 0.3) is 0 Å². The molecule has 5 heteroatoms. The van der Waals surface area contributed by atoms with Gasteiger partial charge < -0.3 is 20.4 Å². The quantitative estimate of drug-likeness (QED) is 0.296. The van der Waals surface area contributed by atoms with Gasteiger partial charge in [-0.3, -0.25) is 0 Å². The van der Waals surface area contributed by atoms with Crippen LogP contribution in [0.1, 0.15) is 77.8 Å². The molecule has 32 heavy (non-hydrogen) atoms. The van der Waals surface area contributed by atoms with Gasteiger partial charge in [-0.05, 0) is 41.2 Å². The van der Waals surface area contributed by atoms with Crippen LogP contribution >= 0.6 is 0 Å². The van der Waals surface area contributed by atoms with E-state index >= 15 is 0 Å². The van der Waals surface area contributed by atoms with Crippen LogP contribution in [0.25, 0.3) is 12.4 Å². The van der Waals surface area contributed by atoms with Crippen molar-refractivity contribution in [3.63, 3.8) is 0 Å². The Morgan fingerprint density at radius 2 is 1.94 bits per heavy atom. The van der Waals surface area contributed by atoms with Crippen molar-refractivity contribution in [2.75, 3.05) is 13.7 Å². The molecule has 0 saturated heterocycles. The van der Waals surface area contributed by atoms with Crippen molar-refractivity contribution >= 4 is 18.2 Å². The summed E-state index contributed by atoms with van der Waals surface area (Å²) in [7, 11) is 1.74. The van der Waals surface area contributed by atoms with Crippen molar-refractivity contribution < 1.29 is 4.74 Å². The van der Waals surface area contributed by atoms with Crippen LogP contribution < -0.4 is 26.4 Å². The van der Waals surface area contributed by atoms with Crippen LogP contribution in [-0.2, 0) is 12.0 Å². The lowest BCUT2D eigenvalue weighted by molar-refractivity contribution is 0.404. The predicted octanol–water partition coefficient (Wildman–Crippen LogP) is 4.26. The van der Waals surface area contributed by atoms with E-state index in [-0.39, 0.29) is 5.41 Å². The second-order valence-corrected chi connectivity index (χ2v) is 9.02. The lowest BCUT2D eigenvalue weighted by atomic mass is 9.82.